The van der Waals surface area contributed by atoms with E-state index in [0.717, 1.165) is 11.1 Å². The Morgan fingerprint density at radius 1 is 1.06 bits per heavy atom. The van der Waals surface area contributed by atoms with E-state index in [2.05, 4.69) is 10.6 Å². The van der Waals surface area contributed by atoms with Crippen LogP contribution in [0.25, 0.3) is 0 Å². The Morgan fingerprint density at radius 3 is 2.46 bits per heavy atom. The lowest BCUT2D eigenvalue weighted by atomic mass is 10.00. The number of hydrogen-bond donors (Lipinski definition) is 2. The van der Waals surface area contributed by atoms with Crippen LogP contribution in [0.3, 0.4) is 0 Å². The minimum Gasteiger partial charge on any atom is -0.459 e. The van der Waals surface area contributed by atoms with Crippen LogP contribution >= 0.6 is 0 Å². The quantitative estimate of drug-likeness (QED) is 0.455. The minimum atomic E-state index is -0.871. The Balaban J connectivity index is 1.54. The highest BCUT2D eigenvalue weighted by Gasteiger charge is 2.46. The molecular weight excluding hydrogens is 450 g/mol. The van der Waals surface area contributed by atoms with E-state index in [4.69, 9.17) is 13.9 Å². The Hall–Kier alpha value is -4.11. The first kappa shape index (κ1) is 24.0. The number of rotatable bonds is 9. The molecule has 0 aliphatic carbocycles. The molecule has 0 spiro atoms. The predicted molar refractivity (Wildman–Crippen MR) is 128 cm³/mol. The molecule has 1 aromatic heterocycles. The largest absolute Gasteiger partial charge is 0.459 e. The van der Waals surface area contributed by atoms with Crippen LogP contribution in [0.2, 0.25) is 0 Å². The molecule has 0 radical (unpaired) electrons. The molecule has 4 rings (SSSR count). The molecule has 1 saturated heterocycles. The summed E-state index contributed by atoms with van der Waals surface area (Å²) in [7, 11) is 1.55. The van der Waals surface area contributed by atoms with Crippen molar-refractivity contribution in [3.8, 4) is 0 Å². The van der Waals surface area contributed by atoms with Gasteiger partial charge in [-0.3, -0.25) is 14.5 Å². The van der Waals surface area contributed by atoms with Crippen LogP contribution in [-0.4, -0.2) is 49.1 Å². The van der Waals surface area contributed by atoms with Gasteiger partial charge < -0.3 is 24.5 Å². The number of aryl methyl sites for hydroxylation is 1. The molecule has 9 nitrogen and oxygen atoms in total. The molecule has 2 unspecified atom stereocenters. The predicted octanol–water partition coefficient (Wildman–Crippen LogP) is 3.67. The van der Waals surface area contributed by atoms with Crippen LogP contribution in [0.15, 0.2) is 71.3 Å². The van der Waals surface area contributed by atoms with Crippen molar-refractivity contribution in [1.82, 2.24) is 10.2 Å². The lowest BCUT2D eigenvalue weighted by Crippen LogP contribution is -2.47. The number of anilines is 1. The van der Waals surface area contributed by atoms with Gasteiger partial charge in [0.1, 0.15) is 0 Å². The Labute approximate surface area is 203 Å². The number of nitrogens with zero attached hydrogens (tertiary/aromatic N) is 1. The van der Waals surface area contributed by atoms with Crippen molar-refractivity contribution in [2.45, 2.75) is 25.6 Å². The molecule has 1 aliphatic rings. The van der Waals surface area contributed by atoms with E-state index >= 15 is 0 Å². The lowest BCUT2D eigenvalue weighted by molar-refractivity contribution is -0.126. The summed E-state index contributed by atoms with van der Waals surface area (Å²) in [5.41, 5.74) is 3.16. The summed E-state index contributed by atoms with van der Waals surface area (Å²) in [5, 5.41) is 5.56. The van der Waals surface area contributed by atoms with E-state index < -0.39 is 18.2 Å². The van der Waals surface area contributed by atoms with Crippen molar-refractivity contribution < 1.29 is 28.3 Å². The van der Waals surface area contributed by atoms with Crippen LogP contribution in [0.5, 0.6) is 0 Å². The minimum absolute atomic E-state index is 0.193. The fourth-order valence-corrected chi connectivity index (χ4v) is 3.84. The normalized spacial score (nSPS) is 17.2. The summed E-state index contributed by atoms with van der Waals surface area (Å²) >= 11 is 0. The number of ether oxygens (including phenoxy) is 2. The summed E-state index contributed by atoms with van der Waals surface area (Å²) in [6.07, 6.45) is 0.0371. The van der Waals surface area contributed by atoms with E-state index in [0.29, 0.717) is 24.4 Å². The number of methoxy groups -OCH3 is 1. The maximum Gasteiger partial charge on any atom is 0.411 e. The second kappa shape index (κ2) is 10.9. The molecular formula is C26H27N3O6. The van der Waals surface area contributed by atoms with E-state index in [1.165, 1.54) is 11.2 Å². The van der Waals surface area contributed by atoms with Crippen LogP contribution in [-0.2, 0) is 20.8 Å². The zero-order valence-electron chi connectivity index (χ0n) is 19.5. The number of furan rings is 1. The van der Waals surface area contributed by atoms with Gasteiger partial charge in [0.05, 0.1) is 19.4 Å². The first-order chi connectivity index (χ1) is 17.0. The topological polar surface area (TPSA) is 110 Å². The van der Waals surface area contributed by atoms with Gasteiger partial charge in [-0.05, 0) is 42.3 Å². The lowest BCUT2D eigenvalue weighted by Gasteiger charge is -2.24. The maximum atomic E-state index is 13.1. The van der Waals surface area contributed by atoms with Gasteiger partial charge >= 0.3 is 6.09 Å². The highest BCUT2D eigenvalue weighted by Crippen LogP contribution is 2.34. The zero-order chi connectivity index (χ0) is 24.8. The van der Waals surface area contributed by atoms with Crippen molar-refractivity contribution >= 4 is 23.6 Å². The zero-order valence-corrected chi connectivity index (χ0v) is 19.5. The molecule has 35 heavy (non-hydrogen) atoms. The number of cyclic esters (lactones) is 1. The van der Waals surface area contributed by atoms with E-state index in [1.807, 2.05) is 31.2 Å². The molecule has 182 valence electrons. The van der Waals surface area contributed by atoms with E-state index in [-0.39, 0.29) is 24.1 Å². The summed E-state index contributed by atoms with van der Waals surface area (Å²) in [6.45, 7) is 2.87. The molecule has 9 heteroatoms. The monoisotopic (exact) mass is 477 g/mol. The summed E-state index contributed by atoms with van der Waals surface area (Å²) in [4.78, 5) is 39.6. The van der Waals surface area contributed by atoms with Crippen molar-refractivity contribution in [2.24, 2.45) is 0 Å². The van der Waals surface area contributed by atoms with Gasteiger partial charge in [-0.25, -0.2) is 4.79 Å². The molecule has 0 saturated carbocycles. The number of nitrogens with one attached hydrogen (secondary N) is 2. The van der Waals surface area contributed by atoms with Gasteiger partial charge in [0.2, 0.25) is 5.91 Å². The molecule has 2 aromatic carbocycles. The molecule has 3 amide bonds. The van der Waals surface area contributed by atoms with Gasteiger partial charge in [0.25, 0.3) is 5.91 Å². The Kier molecular flexibility index (Phi) is 7.47. The number of carbonyl (C=O) groups is 3. The van der Waals surface area contributed by atoms with Crippen LogP contribution in [0, 0.1) is 6.92 Å². The highest BCUT2D eigenvalue weighted by molar-refractivity contribution is 6.02. The summed E-state index contributed by atoms with van der Waals surface area (Å²) in [6, 6.07) is 16.9. The van der Waals surface area contributed by atoms with Crippen molar-refractivity contribution in [1.29, 1.82) is 0 Å². The van der Waals surface area contributed by atoms with E-state index in [1.54, 1.807) is 43.5 Å². The molecule has 2 heterocycles. The number of hydrogen-bond acceptors (Lipinski definition) is 6. The second-order valence-corrected chi connectivity index (χ2v) is 8.20. The van der Waals surface area contributed by atoms with Crippen molar-refractivity contribution in [3.63, 3.8) is 0 Å². The Bertz CT molecular complexity index is 1160. The third-order valence-corrected chi connectivity index (χ3v) is 5.67. The number of benzene rings is 2. The molecule has 2 N–H and O–H groups in total. The van der Waals surface area contributed by atoms with Crippen molar-refractivity contribution in [3.05, 3.63) is 89.4 Å². The average molecular weight is 478 g/mol. The van der Waals surface area contributed by atoms with Crippen LogP contribution < -0.4 is 10.6 Å². The van der Waals surface area contributed by atoms with E-state index in [9.17, 15) is 14.4 Å². The van der Waals surface area contributed by atoms with Crippen LogP contribution in [0.1, 0.15) is 33.3 Å². The number of amides is 3. The molecule has 1 fully saturated rings. The highest BCUT2D eigenvalue weighted by atomic mass is 16.6. The maximum absolute atomic E-state index is 13.1. The Morgan fingerprint density at radius 2 is 1.80 bits per heavy atom. The summed E-state index contributed by atoms with van der Waals surface area (Å²) in [5.74, 6) is -0.520. The second-order valence-electron chi connectivity index (χ2n) is 8.20. The summed E-state index contributed by atoms with van der Waals surface area (Å²) < 4.78 is 15.8. The van der Waals surface area contributed by atoms with Crippen molar-refractivity contribution in [2.75, 3.05) is 25.6 Å². The first-order valence-electron chi connectivity index (χ1n) is 11.2. The van der Waals surface area contributed by atoms with Gasteiger partial charge in [-0.2, -0.15) is 0 Å². The van der Waals surface area contributed by atoms with Crippen LogP contribution in [0.4, 0.5) is 10.5 Å². The molecule has 3 aromatic rings. The molecule has 1 aliphatic heterocycles. The standard InChI is InChI=1S/C26H27N3O6/c1-17-5-7-18(8-6-17)16-29-22(25(31)27-13-15-33-2)23(35-26(29)32)19-9-11-20(12-10-19)28-24(30)21-4-3-14-34-21/h3-12,14,22-23H,13,15-16H2,1-2H3,(H,27,31)(H,28,30). The molecule has 0 bridgehead atoms. The SMILES string of the molecule is COCCNC(=O)C1C(c2ccc(NC(=O)c3ccco3)cc2)OC(=O)N1Cc1ccc(C)cc1. The number of carbonyl (C=O) groups excluding carboxylic acids is 3. The third-order valence-electron chi connectivity index (χ3n) is 5.67. The average Bonchev–Trinajstić information content (AvgIpc) is 3.50. The van der Waals surface area contributed by atoms with Gasteiger partial charge in [-0.15, -0.1) is 0 Å². The first-order valence-corrected chi connectivity index (χ1v) is 11.2. The smallest absolute Gasteiger partial charge is 0.411 e. The third kappa shape index (κ3) is 5.70. The molecule has 2 atom stereocenters. The fraction of sp³-hybridized carbons (Fsp3) is 0.269. The fourth-order valence-electron chi connectivity index (χ4n) is 3.84. The van der Waals surface area contributed by atoms with Gasteiger partial charge in [0, 0.05) is 19.3 Å². The van der Waals surface area contributed by atoms with Gasteiger partial charge in [-0.1, -0.05) is 42.0 Å². The van der Waals surface area contributed by atoms with Gasteiger partial charge in [0.15, 0.2) is 17.9 Å².